The van der Waals surface area contributed by atoms with Crippen LogP contribution >= 0.6 is 12.4 Å². The Morgan fingerprint density at radius 3 is 2.40 bits per heavy atom. The Labute approximate surface area is 127 Å². The van der Waals surface area contributed by atoms with E-state index in [1.165, 1.54) is 10.9 Å². The van der Waals surface area contributed by atoms with Gasteiger partial charge in [-0.25, -0.2) is 0 Å². The molecule has 2 rings (SSSR count). The van der Waals surface area contributed by atoms with Crippen LogP contribution in [0.15, 0.2) is 36.4 Å². The topological polar surface area (TPSA) is 46.2 Å². The van der Waals surface area contributed by atoms with E-state index in [9.17, 15) is 5.11 Å². The minimum Gasteiger partial charge on any atom is -0.391 e. The third-order valence-corrected chi connectivity index (χ3v) is 3.80. The molecule has 3 heteroatoms. The predicted octanol–water partition coefficient (Wildman–Crippen LogP) is 4.12. The van der Waals surface area contributed by atoms with Crippen LogP contribution in [-0.4, -0.2) is 11.2 Å². The Morgan fingerprint density at radius 2 is 1.75 bits per heavy atom. The Kier molecular flexibility index (Phi) is 6.47. The van der Waals surface area contributed by atoms with Gasteiger partial charge in [-0.3, -0.25) is 0 Å². The summed E-state index contributed by atoms with van der Waals surface area (Å²) in [4.78, 5) is 0. The molecule has 0 aliphatic carbocycles. The molecule has 20 heavy (non-hydrogen) atoms. The molecule has 3 N–H and O–H groups in total. The average molecular weight is 294 g/mol. The van der Waals surface area contributed by atoms with Gasteiger partial charge < -0.3 is 10.8 Å². The fraction of sp³-hybridized carbons (Fsp3) is 0.412. The molecular weight excluding hydrogens is 270 g/mol. The maximum absolute atomic E-state index is 10.2. The molecule has 2 nitrogen and oxygen atoms in total. The van der Waals surface area contributed by atoms with Crippen LogP contribution in [0, 0.1) is 6.92 Å². The number of rotatable bonds is 5. The van der Waals surface area contributed by atoms with Crippen LogP contribution in [-0.2, 0) is 0 Å². The first-order valence-corrected chi connectivity index (χ1v) is 7.07. The molecule has 0 heterocycles. The van der Waals surface area contributed by atoms with E-state index in [4.69, 9.17) is 5.73 Å². The molecule has 2 aromatic rings. The Hall–Kier alpha value is -1.09. The van der Waals surface area contributed by atoms with E-state index in [2.05, 4.69) is 38.1 Å². The highest BCUT2D eigenvalue weighted by Crippen LogP contribution is 2.28. The van der Waals surface area contributed by atoms with E-state index < -0.39 is 6.10 Å². The molecule has 0 unspecified atom stereocenters. The van der Waals surface area contributed by atoms with Crippen molar-refractivity contribution in [3.05, 3.63) is 47.5 Å². The zero-order valence-corrected chi connectivity index (χ0v) is 13.0. The van der Waals surface area contributed by atoms with Crippen LogP contribution in [0.4, 0.5) is 0 Å². The number of aryl methyl sites for hydroxylation is 1. The molecular formula is C17H24ClNO. The SMILES string of the molecule is CCCC[C@@H](O)[C@@H](N)c1ccc(C)c2ccccc12.Cl. The lowest BCUT2D eigenvalue weighted by Gasteiger charge is -2.21. The molecule has 0 spiro atoms. The van der Waals surface area contributed by atoms with Crippen molar-refractivity contribution in [2.75, 3.05) is 0 Å². The number of hydrogen-bond acceptors (Lipinski definition) is 2. The van der Waals surface area contributed by atoms with Crippen LogP contribution in [0.25, 0.3) is 10.8 Å². The van der Waals surface area contributed by atoms with Crippen LogP contribution in [0.3, 0.4) is 0 Å². The summed E-state index contributed by atoms with van der Waals surface area (Å²) in [6.45, 7) is 4.23. The third-order valence-electron chi connectivity index (χ3n) is 3.80. The number of fused-ring (bicyclic) bond motifs is 1. The fourth-order valence-corrected chi connectivity index (χ4v) is 2.56. The molecule has 0 saturated carbocycles. The highest BCUT2D eigenvalue weighted by molar-refractivity contribution is 5.89. The Morgan fingerprint density at radius 1 is 1.10 bits per heavy atom. The minimum absolute atomic E-state index is 0. The van der Waals surface area contributed by atoms with Crippen molar-refractivity contribution < 1.29 is 5.11 Å². The van der Waals surface area contributed by atoms with Crippen LogP contribution < -0.4 is 5.73 Å². The van der Waals surface area contributed by atoms with E-state index in [-0.39, 0.29) is 18.4 Å². The Bertz CT molecular complexity index is 556. The van der Waals surface area contributed by atoms with E-state index in [1.54, 1.807) is 0 Å². The highest BCUT2D eigenvalue weighted by atomic mass is 35.5. The molecule has 0 saturated heterocycles. The smallest absolute Gasteiger partial charge is 0.0733 e. The minimum atomic E-state index is -0.467. The lowest BCUT2D eigenvalue weighted by molar-refractivity contribution is 0.133. The van der Waals surface area contributed by atoms with Gasteiger partial charge in [0.15, 0.2) is 0 Å². The van der Waals surface area contributed by atoms with Gasteiger partial charge >= 0.3 is 0 Å². The van der Waals surface area contributed by atoms with Gasteiger partial charge in [0.25, 0.3) is 0 Å². The maximum Gasteiger partial charge on any atom is 0.0733 e. The van der Waals surface area contributed by atoms with Gasteiger partial charge in [0.05, 0.1) is 12.1 Å². The van der Waals surface area contributed by atoms with Crippen molar-refractivity contribution in [3.63, 3.8) is 0 Å². The van der Waals surface area contributed by atoms with E-state index in [0.717, 1.165) is 30.2 Å². The second-order valence-corrected chi connectivity index (χ2v) is 5.25. The molecule has 2 atom stereocenters. The Balaban J connectivity index is 0.00000200. The van der Waals surface area contributed by atoms with Crippen molar-refractivity contribution in [3.8, 4) is 0 Å². The van der Waals surface area contributed by atoms with Crippen LogP contribution in [0.1, 0.15) is 43.4 Å². The van der Waals surface area contributed by atoms with Crippen molar-refractivity contribution in [2.24, 2.45) is 5.73 Å². The van der Waals surface area contributed by atoms with E-state index in [0.29, 0.717) is 0 Å². The van der Waals surface area contributed by atoms with E-state index >= 15 is 0 Å². The molecule has 0 fully saturated rings. The number of nitrogens with two attached hydrogens (primary N) is 1. The monoisotopic (exact) mass is 293 g/mol. The number of unbranched alkanes of at least 4 members (excludes halogenated alkanes) is 1. The molecule has 0 aliphatic rings. The summed E-state index contributed by atoms with van der Waals surface area (Å²) in [6, 6.07) is 12.1. The van der Waals surface area contributed by atoms with Crippen molar-refractivity contribution in [2.45, 2.75) is 45.3 Å². The first-order chi connectivity index (χ1) is 9.15. The molecule has 0 amide bonds. The first-order valence-electron chi connectivity index (χ1n) is 7.07. The van der Waals surface area contributed by atoms with E-state index in [1.807, 2.05) is 12.1 Å². The predicted molar refractivity (Wildman–Crippen MR) is 88.4 cm³/mol. The largest absolute Gasteiger partial charge is 0.391 e. The van der Waals surface area contributed by atoms with Gasteiger partial charge in [0, 0.05) is 0 Å². The summed E-state index contributed by atoms with van der Waals surface area (Å²) in [6.07, 6.45) is 2.39. The number of aliphatic hydroxyl groups excluding tert-OH is 1. The van der Waals surface area contributed by atoms with Crippen molar-refractivity contribution >= 4 is 23.2 Å². The second kappa shape index (κ2) is 7.63. The standard InChI is InChI=1S/C17H23NO.ClH/c1-3-4-9-16(19)17(18)15-11-10-12(2)13-7-5-6-8-14(13)15;/h5-8,10-11,16-17,19H,3-4,9,18H2,1-2H3;1H/t16-,17+;/m1./s1. The first kappa shape index (κ1) is 17.0. The van der Waals surface area contributed by atoms with Gasteiger partial charge in [-0.05, 0) is 35.2 Å². The van der Waals surface area contributed by atoms with Gasteiger partial charge in [0.1, 0.15) is 0 Å². The summed E-state index contributed by atoms with van der Waals surface area (Å²) in [5.74, 6) is 0. The average Bonchev–Trinajstić information content (AvgIpc) is 2.45. The third kappa shape index (κ3) is 3.51. The fourth-order valence-electron chi connectivity index (χ4n) is 2.56. The number of hydrogen-bond donors (Lipinski definition) is 2. The molecule has 0 aliphatic heterocycles. The highest BCUT2D eigenvalue weighted by Gasteiger charge is 2.18. The van der Waals surface area contributed by atoms with Gasteiger partial charge in [-0.1, -0.05) is 56.2 Å². The summed E-state index contributed by atoms with van der Waals surface area (Å²) < 4.78 is 0. The normalized spacial score (nSPS) is 13.8. The quantitative estimate of drug-likeness (QED) is 0.871. The zero-order valence-electron chi connectivity index (χ0n) is 12.2. The summed E-state index contributed by atoms with van der Waals surface area (Å²) >= 11 is 0. The molecule has 2 aromatic carbocycles. The van der Waals surface area contributed by atoms with Gasteiger partial charge in [-0.15, -0.1) is 12.4 Å². The maximum atomic E-state index is 10.2. The zero-order chi connectivity index (χ0) is 13.8. The molecule has 0 aromatic heterocycles. The molecule has 0 bridgehead atoms. The van der Waals surface area contributed by atoms with Gasteiger partial charge in [-0.2, -0.15) is 0 Å². The second-order valence-electron chi connectivity index (χ2n) is 5.25. The van der Waals surface area contributed by atoms with Crippen LogP contribution in [0.5, 0.6) is 0 Å². The van der Waals surface area contributed by atoms with Gasteiger partial charge in [0.2, 0.25) is 0 Å². The number of halogens is 1. The van der Waals surface area contributed by atoms with Crippen molar-refractivity contribution in [1.29, 1.82) is 0 Å². The van der Waals surface area contributed by atoms with Crippen molar-refractivity contribution in [1.82, 2.24) is 0 Å². The lowest BCUT2D eigenvalue weighted by Crippen LogP contribution is -2.26. The number of aliphatic hydroxyl groups is 1. The number of benzene rings is 2. The molecule has 110 valence electrons. The van der Waals surface area contributed by atoms with Crippen LogP contribution in [0.2, 0.25) is 0 Å². The summed E-state index contributed by atoms with van der Waals surface area (Å²) in [7, 11) is 0. The lowest BCUT2D eigenvalue weighted by atomic mass is 9.92. The summed E-state index contributed by atoms with van der Waals surface area (Å²) in [5.41, 5.74) is 8.54. The molecule has 0 radical (unpaired) electrons. The summed E-state index contributed by atoms with van der Waals surface area (Å²) in [5, 5.41) is 12.6.